The van der Waals surface area contributed by atoms with Crippen LogP contribution in [0.1, 0.15) is 30.9 Å². The normalized spacial score (nSPS) is 20.9. The lowest BCUT2D eigenvalue weighted by atomic mass is 9.98. The molecule has 1 aliphatic rings. The standard InChI is InChI=1S/C15H23NO2S/c1-16-15(14-6-4-5-9-19-14)12-8-7-11(17-2)10-13(12)18-3/h7-8,10,14-16H,4-6,9H2,1-3H3. The Bertz CT molecular complexity index is 405. The van der Waals surface area contributed by atoms with Crippen LogP contribution < -0.4 is 14.8 Å². The van der Waals surface area contributed by atoms with Gasteiger partial charge in [-0.05, 0) is 31.7 Å². The lowest BCUT2D eigenvalue weighted by molar-refractivity contribution is 0.383. The summed E-state index contributed by atoms with van der Waals surface area (Å²) in [5, 5.41) is 4.08. The zero-order valence-corrected chi connectivity index (χ0v) is 12.8. The predicted molar refractivity (Wildman–Crippen MR) is 81.4 cm³/mol. The molecule has 1 aromatic carbocycles. The number of thioether (sulfide) groups is 1. The van der Waals surface area contributed by atoms with E-state index >= 15 is 0 Å². The Morgan fingerprint density at radius 3 is 2.68 bits per heavy atom. The van der Waals surface area contributed by atoms with Crippen molar-refractivity contribution >= 4 is 11.8 Å². The molecule has 0 amide bonds. The second-order valence-corrected chi connectivity index (χ2v) is 6.13. The Hall–Kier alpha value is -0.870. The van der Waals surface area contributed by atoms with E-state index in [1.54, 1.807) is 14.2 Å². The Morgan fingerprint density at radius 1 is 1.26 bits per heavy atom. The molecule has 2 rings (SSSR count). The number of ether oxygens (including phenoxy) is 2. The Labute approximate surface area is 120 Å². The zero-order valence-electron chi connectivity index (χ0n) is 11.9. The Balaban J connectivity index is 2.26. The molecule has 3 nitrogen and oxygen atoms in total. The minimum atomic E-state index is 0.339. The van der Waals surface area contributed by atoms with E-state index in [1.165, 1.54) is 30.6 Å². The number of benzene rings is 1. The van der Waals surface area contributed by atoms with E-state index in [4.69, 9.17) is 9.47 Å². The van der Waals surface area contributed by atoms with Crippen LogP contribution in [0.3, 0.4) is 0 Å². The Morgan fingerprint density at radius 2 is 2.11 bits per heavy atom. The zero-order chi connectivity index (χ0) is 13.7. The number of rotatable bonds is 5. The van der Waals surface area contributed by atoms with Crippen molar-refractivity contribution < 1.29 is 9.47 Å². The largest absolute Gasteiger partial charge is 0.497 e. The summed E-state index contributed by atoms with van der Waals surface area (Å²) >= 11 is 2.07. The number of hydrogen-bond acceptors (Lipinski definition) is 4. The molecule has 2 unspecified atom stereocenters. The minimum Gasteiger partial charge on any atom is -0.497 e. The third-order valence-corrected chi connectivity index (χ3v) is 5.13. The molecule has 19 heavy (non-hydrogen) atoms. The maximum Gasteiger partial charge on any atom is 0.127 e. The maximum atomic E-state index is 5.53. The SMILES string of the molecule is CNC(c1ccc(OC)cc1OC)C1CCCCS1. The molecule has 1 saturated heterocycles. The average Bonchev–Trinajstić information content (AvgIpc) is 2.49. The summed E-state index contributed by atoms with van der Waals surface area (Å²) in [5.41, 5.74) is 1.23. The smallest absolute Gasteiger partial charge is 0.127 e. The summed E-state index contributed by atoms with van der Waals surface area (Å²) in [6, 6.07) is 6.43. The lowest BCUT2D eigenvalue weighted by Gasteiger charge is -2.30. The first-order valence-corrected chi connectivity index (χ1v) is 7.85. The van der Waals surface area contributed by atoms with E-state index in [2.05, 4.69) is 23.1 Å². The molecule has 1 N–H and O–H groups in total. The molecule has 2 atom stereocenters. The molecule has 4 heteroatoms. The molecule has 0 bridgehead atoms. The van der Waals surface area contributed by atoms with E-state index < -0.39 is 0 Å². The van der Waals surface area contributed by atoms with Gasteiger partial charge in [0.05, 0.1) is 14.2 Å². The highest BCUT2D eigenvalue weighted by atomic mass is 32.2. The fraction of sp³-hybridized carbons (Fsp3) is 0.600. The summed E-state index contributed by atoms with van der Waals surface area (Å²) in [4.78, 5) is 0. The van der Waals surface area contributed by atoms with Gasteiger partial charge in [-0.25, -0.2) is 0 Å². The quantitative estimate of drug-likeness (QED) is 0.897. The van der Waals surface area contributed by atoms with Gasteiger partial charge < -0.3 is 14.8 Å². The first kappa shape index (κ1) is 14.5. The monoisotopic (exact) mass is 281 g/mol. The van der Waals surface area contributed by atoms with E-state index in [-0.39, 0.29) is 0 Å². The molecule has 0 aromatic heterocycles. The molecule has 106 valence electrons. The Kier molecular flexibility index (Phi) is 5.40. The first-order chi connectivity index (χ1) is 9.30. The van der Waals surface area contributed by atoms with E-state index in [9.17, 15) is 0 Å². The molecule has 1 aromatic rings. The molecule has 0 saturated carbocycles. The number of methoxy groups -OCH3 is 2. The summed E-state index contributed by atoms with van der Waals surface area (Å²) < 4.78 is 10.8. The van der Waals surface area contributed by atoms with Crippen LogP contribution in [0, 0.1) is 0 Å². The average molecular weight is 281 g/mol. The van der Waals surface area contributed by atoms with Gasteiger partial charge >= 0.3 is 0 Å². The molecule has 1 heterocycles. The number of hydrogen-bond donors (Lipinski definition) is 1. The van der Waals surface area contributed by atoms with Crippen LogP contribution in [-0.4, -0.2) is 32.3 Å². The van der Waals surface area contributed by atoms with Gasteiger partial charge in [0, 0.05) is 22.9 Å². The minimum absolute atomic E-state index is 0.339. The first-order valence-electron chi connectivity index (χ1n) is 6.81. The van der Waals surface area contributed by atoms with Crippen LogP contribution in [0.4, 0.5) is 0 Å². The number of nitrogens with one attached hydrogen (secondary N) is 1. The van der Waals surface area contributed by atoms with Gasteiger partial charge in [-0.3, -0.25) is 0 Å². The van der Waals surface area contributed by atoms with Gasteiger partial charge in [0.15, 0.2) is 0 Å². The lowest BCUT2D eigenvalue weighted by Crippen LogP contribution is -2.29. The van der Waals surface area contributed by atoms with Crippen LogP contribution in [0.15, 0.2) is 18.2 Å². The van der Waals surface area contributed by atoms with Crippen molar-refractivity contribution in [3.8, 4) is 11.5 Å². The molecular formula is C15H23NO2S. The van der Waals surface area contributed by atoms with Crippen molar-refractivity contribution in [2.75, 3.05) is 27.0 Å². The highest BCUT2D eigenvalue weighted by Crippen LogP contribution is 2.38. The summed E-state index contributed by atoms with van der Waals surface area (Å²) in [5.74, 6) is 3.01. The fourth-order valence-corrected chi connectivity index (χ4v) is 4.13. The summed E-state index contributed by atoms with van der Waals surface area (Å²) in [6.45, 7) is 0. The van der Waals surface area contributed by atoms with Crippen molar-refractivity contribution in [3.05, 3.63) is 23.8 Å². The van der Waals surface area contributed by atoms with E-state index in [1.807, 2.05) is 19.2 Å². The summed E-state index contributed by atoms with van der Waals surface area (Å²) in [7, 11) is 5.43. The maximum absolute atomic E-state index is 5.53. The fourth-order valence-electron chi connectivity index (χ4n) is 2.65. The highest BCUT2D eigenvalue weighted by Gasteiger charge is 2.26. The van der Waals surface area contributed by atoms with E-state index in [0.717, 1.165) is 11.5 Å². The molecule has 1 fully saturated rings. The third kappa shape index (κ3) is 3.37. The van der Waals surface area contributed by atoms with Gasteiger partial charge in [-0.15, -0.1) is 0 Å². The van der Waals surface area contributed by atoms with Gasteiger partial charge in [-0.2, -0.15) is 11.8 Å². The van der Waals surface area contributed by atoms with Gasteiger partial charge in [-0.1, -0.05) is 12.5 Å². The van der Waals surface area contributed by atoms with Crippen LogP contribution in [0.5, 0.6) is 11.5 Å². The van der Waals surface area contributed by atoms with Gasteiger partial charge in [0.2, 0.25) is 0 Å². The summed E-state index contributed by atoms with van der Waals surface area (Å²) in [6.07, 6.45) is 3.94. The third-order valence-electron chi connectivity index (χ3n) is 3.67. The van der Waals surface area contributed by atoms with Crippen molar-refractivity contribution in [2.45, 2.75) is 30.6 Å². The highest BCUT2D eigenvalue weighted by molar-refractivity contribution is 8.00. The molecule has 1 aliphatic heterocycles. The van der Waals surface area contributed by atoms with Crippen LogP contribution in [0.2, 0.25) is 0 Å². The molecule has 0 aliphatic carbocycles. The predicted octanol–water partition coefficient (Wildman–Crippen LogP) is 3.25. The van der Waals surface area contributed by atoms with E-state index in [0.29, 0.717) is 11.3 Å². The van der Waals surface area contributed by atoms with Crippen molar-refractivity contribution in [1.29, 1.82) is 0 Å². The van der Waals surface area contributed by atoms with Crippen molar-refractivity contribution in [1.82, 2.24) is 5.32 Å². The van der Waals surface area contributed by atoms with Gasteiger partial charge in [0.25, 0.3) is 0 Å². The second kappa shape index (κ2) is 7.06. The van der Waals surface area contributed by atoms with Crippen LogP contribution >= 0.6 is 11.8 Å². The van der Waals surface area contributed by atoms with Crippen LogP contribution in [-0.2, 0) is 0 Å². The molecular weight excluding hydrogens is 258 g/mol. The van der Waals surface area contributed by atoms with Crippen molar-refractivity contribution in [3.63, 3.8) is 0 Å². The van der Waals surface area contributed by atoms with Crippen molar-refractivity contribution in [2.24, 2.45) is 0 Å². The molecule has 0 radical (unpaired) electrons. The van der Waals surface area contributed by atoms with Crippen LogP contribution in [0.25, 0.3) is 0 Å². The molecule has 0 spiro atoms. The second-order valence-electron chi connectivity index (χ2n) is 4.78. The van der Waals surface area contributed by atoms with Gasteiger partial charge in [0.1, 0.15) is 11.5 Å². The topological polar surface area (TPSA) is 30.5 Å².